The SMILES string of the molecule is C=C=C[C@]1(O)[C@H](N2C=CC(=O)NC2=C)O[C@](F)(COP(=O)(O)OP(=O)(O)OP(=O)(O)O)[C@H]1O. The molecule has 16 nitrogen and oxygen atoms in total. The molecule has 0 aromatic carbocycles. The summed E-state index contributed by atoms with van der Waals surface area (Å²) in [5, 5.41) is 23.4. The molecule has 0 spiro atoms. The van der Waals surface area contributed by atoms with E-state index in [1.54, 1.807) is 0 Å². The number of rotatable bonds is 9. The standard InChI is InChI=1S/C13H18FN2O14P3/c1-3-5-12(19)10(18)13(14,28-11(12)16-6-4-9(17)15-8(16)2)7-27-32(23,24)30-33(25,26)29-31(20,21)22/h4-6,10-11,18-19H,1-2,7H2,(H,15,17)(H,23,24)(H,25,26)(H2,20,21,22)/t10-,11+,12+,13+/m0/s1. The number of nitrogens with one attached hydrogen (secondary N) is 1. The molecule has 33 heavy (non-hydrogen) atoms. The maximum absolute atomic E-state index is 15.4. The Morgan fingerprint density at radius 2 is 1.88 bits per heavy atom. The van der Waals surface area contributed by atoms with Crippen LogP contribution in [-0.2, 0) is 36.4 Å². The van der Waals surface area contributed by atoms with Crippen molar-refractivity contribution in [3.05, 3.63) is 43.1 Å². The van der Waals surface area contributed by atoms with Gasteiger partial charge in [-0.2, -0.15) is 8.62 Å². The minimum absolute atomic E-state index is 0.229. The summed E-state index contributed by atoms with van der Waals surface area (Å²) >= 11 is 0. The number of phosphoric ester groups is 1. The molecule has 1 saturated heterocycles. The second-order valence-electron chi connectivity index (χ2n) is 6.42. The van der Waals surface area contributed by atoms with Gasteiger partial charge in [0.25, 0.3) is 11.8 Å². The minimum atomic E-state index is -5.89. The van der Waals surface area contributed by atoms with Crippen molar-refractivity contribution in [1.29, 1.82) is 0 Å². The van der Waals surface area contributed by atoms with Crippen LogP contribution in [0.5, 0.6) is 0 Å². The number of carbonyl (C=O) groups is 1. The first-order valence-corrected chi connectivity index (χ1v) is 12.8. The molecule has 1 amide bonds. The number of ether oxygens (including phenoxy) is 1. The predicted octanol–water partition coefficient (Wildman–Crippen LogP) is -0.798. The van der Waals surface area contributed by atoms with E-state index in [2.05, 4.69) is 37.4 Å². The lowest BCUT2D eigenvalue weighted by Crippen LogP contribution is -2.55. The summed E-state index contributed by atoms with van der Waals surface area (Å²) in [5.74, 6) is -4.38. The third-order valence-corrected chi connectivity index (χ3v) is 7.72. The summed E-state index contributed by atoms with van der Waals surface area (Å²) in [6.07, 6.45) is -1.84. The molecular weight excluding hydrogens is 520 g/mol. The molecule has 6 atom stereocenters. The Morgan fingerprint density at radius 1 is 1.27 bits per heavy atom. The lowest BCUT2D eigenvalue weighted by Gasteiger charge is -2.36. The Hall–Kier alpha value is -1.51. The number of amides is 1. The average molecular weight is 538 g/mol. The zero-order valence-corrected chi connectivity index (χ0v) is 18.8. The fourth-order valence-corrected chi connectivity index (χ4v) is 5.74. The topological polar surface area (TPSA) is 242 Å². The Balaban J connectivity index is 2.27. The fourth-order valence-electron chi connectivity index (χ4n) is 2.71. The van der Waals surface area contributed by atoms with Crippen LogP contribution in [0.3, 0.4) is 0 Å². The first kappa shape index (κ1) is 27.7. The van der Waals surface area contributed by atoms with Gasteiger partial charge < -0.3 is 44.7 Å². The molecule has 2 heterocycles. The van der Waals surface area contributed by atoms with Gasteiger partial charge in [-0.3, -0.25) is 9.32 Å². The van der Waals surface area contributed by atoms with Gasteiger partial charge in [-0.1, -0.05) is 13.2 Å². The molecule has 20 heteroatoms. The summed E-state index contributed by atoms with van der Waals surface area (Å²) < 4.78 is 65.3. The van der Waals surface area contributed by atoms with Crippen LogP contribution in [0, 0.1) is 0 Å². The Labute approximate surface area is 184 Å². The van der Waals surface area contributed by atoms with E-state index in [4.69, 9.17) is 19.4 Å². The molecule has 0 bridgehead atoms. The molecule has 2 aliphatic heterocycles. The van der Waals surface area contributed by atoms with Crippen LogP contribution in [0.4, 0.5) is 4.39 Å². The largest absolute Gasteiger partial charge is 0.490 e. The number of carbonyl (C=O) groups excluding carboxylic acids is 1. The van der Waals surface area contributed by atoms with Crippen molar-refractivity contribution in [2.75, 3.05) is 6.61 Å². The van der Waals surface area contributed by atoms with E-state index in [0.717, 1.165) is 17.2 Å². The van der Waals surface area contributed by atoms with Gasteiger partial charge in [0.2, 0.25) is 0 Å². The van der Waals surface area contributed by atoms with Crippen molar-refractivity contribution in [3.63, 3.8) is 0 Å². The lowest BCUT2D eigenvalue weighted by molar-refractivity contribution is -0.207. The summed E-state index contributed by atoms with van der Waals surface area (Å²) in [7, 11) is -17.3. The van der Waals surface area contributed by atoms with Crippen molar-refractivity contribution in [1.82, 2.24) is 10.2 Å². The van der Waals surface area contributed by atoms with Gasteiger partial charge in [0.15, 0.2) is 17.9 Å². The van der Waals surface area contributed by atoms with Crippen LogP contribution in [0.1, 0.15) is 0 Å². The third-order valence-electron chi connectivity index (χ3n) is 3.94. The van der Waals surface area contributed by atoms with Crippen molar-refractivity contribution in [2.24, 2.45) is 0 Å². The first-order chi connectivity index (χ1) is 14.8. The van der Waals surface area contributed by atoms with Crippen LogP contribution in [0.25, 0.3) is 0 Å². The second kappa shape index (κ2) is 9.27. The molecule has 0 radical (unpaired) electrons. The average Bonchev–Trinajstić information content (AvgIpc) is 2.80. The van der Waals surface area contributed by atoms with Gasteiger partial charge in [0.05, 0.1) is 0 Å². The fraction of sp³-hybridized carbons (Fsp3) is 0.385. The molecule has 0 aromatic rings. The summed E-state index contributed by atoms with van der Waals surface area (Å²) in [6.45, 7) is 4.92. The van der Waals surface area contributed by atoms with Crippen LogP contribution in [0.15, 0.2) is 43.1 Å². The molecule has 7 N–H and O–H groups in total. The Kier molecular flexibility index (Phi) is 7.79. The Morgan fingerprint density at radius 3 is 2.39 bits per heavy atom. The molecule has 186 valence electrons. The lowest BCUT2D eigenvalue weighted by atomic mass is 9.92. The van der Waals surface area contributed by atoms with Crippen molar-refractivity contribution in [2.45, 2.75) is 23.8 Å². The number of aliphatic hydroxyl groups excluding tert-OH is 1. The van der Waals surface area contributed by atoms with Gasteiger partial charge in [0, 0.05) is 12.3 Å². The van der Waals surface area contributed by atoms with Crippen molar-refractivity contribution < 1.29 is 70.5 Å². The second-order valence-corrected chi connectivity index (χ2v) is 10.8. The maximum Gasteiger partial charge on any atom is 0.490 e. The van der Waals surface area contributed by atoms with Crippen LogP contribution >= 0.6 is 23.5 Å². The Bertz CT molecular complexity index is 1050. The highest BCUT2D eigenvalue weighted by molar-refractivity contribution is 7.66. The highest BCUT2D eigenvalue weighted by Gasteiger charge is 2.66. The molecule has 2 aliphatic rings. The van der Waals surface area contributed by atoms with Crippen LogP contribution in [0.2, 0.25) is 0 Å². The number of halogens is 1. The summed E-state index contributed by atoms with van der Waals surface area (Å²) in [6, 6.07) is 0. The van der Waals surface area contributed by atoms with Crippen molar-refractivity contribution in [3.8, 4) is 0 Å². The molecule has 0 saturated carbocycles. The summed E-state index contributed by atoms with van der Waals surface area (Å²) in [5.41, 5.74) is -0.569. The minimum Gasteiger partial charge on any atom is -0.383 e. The van der Waals surface area contributed by atoms with E-state index < -0.39 is 59.8 Å². The van der Waals surface area contributed by atoms with Crippen LogP contribution < -0.4 is 5.32 Å². The molecular formula is C13H18FN2O14P3. The van der Waals surface area contributed by atoms with E-state index in [9.17, 15) is 33.6 Å². The predicted molar refractivity (Wildman–Crippen MR) is 101 cm³/mol. The number of aliphatic hydroxyl groups is 2. The normalized spacial score (nSPS) is 33.7. The number of nitrogens with zero attached hydrogens (tertiary/aromatic N) is 1. The quantitative estimate of drug-likeness (QED) is 0.140. The van der Waals surface area contributed by atoms with Gasteiger partial charge in [0.1, 0.15) is 12.4 Å². The van der Waals surface area contributed by atoms with E-state index in [1.165, 1.54) is 0 Å². The number of hydrogen-bond acceptors (Lipinski definition) is 11. The van der Waals surface area contributed by atoms with Gasteiger partial charge in [-0.25, -0.2) is 18.1 Å². The number of hydrogen-bond donors (Lipinski definition) is 7. The molecule has 0 aliphatic carbocycles. The van der Waals surface area contributed by atoms with Gasteiger partial charge >= 0.3 is 23.5 Å². The zero-order chi connectivity index (χ0) is 25.5. The van der Waals surface area contributed by atoms with Gasteiger partial charge in [-0.05, 0) is 6.08 Å². The highest BCUT2D eigenvalue weighted by atomic mass is 31.3. The molecule has 1 fully saturated rings. The van der Waals surface area contributed by atoms with E-state index in [0.29, 0.717) is 6.08 Å². The van der Waals surface area contributed by atoms with E-state index in [-0.39, 0.29) is 5.82 Å². The zero-order valence-electron chi connectivity index (χ0n) is 16.1. The number of phosphoric acid groups is 3. The highest BCUT2D eigenvalue weighted by Crippen LogP contribution is 2.66. The van der Waals surface area contributed by atoms with Crippen molar-refractivity contribution >= 4 is 29.4 Å². The molecule has 0 aromatic heterocycles. The van der Waals surface area contributed by atoms with E-state index in [1.807, 2.05) is 0 Å². The first-order valence-electron chi connectivity index (χ1n) is 8.23. The summed E-state index contributed by atoms with van der Waals surface area (Å²) in [4.78, 5) is 47.9. The monoisotopic (exact) mass is 538 g/mol. The van der Waals surface area contributed by atoms with E-state index >= 15 is 4.39 Å². The van der Waals surface area contributed by atoms with Gasteiger partial charge in [-0.15, -0.1) is 5.73 Å². The smallest absolute Gasteiger partial charge is 0.383 e. The van der Waals surface area contributed by atoms with Crippen LogP contribution in [-0.4, -0.2) is 71.0 Å². The molecule has 2 rings (SSSR count). The molecule has 2 unspecified atom stereocenters. The third kappa shape index (κ3) is 6.55. The number of alkyl halides is 1. The maximum atomic E-state index is 15.4.